The summed E-state index contributed by atoms with van der Waals surface area (Å²) in [5.41, 5.74) is 5.42. The Morgan fingerprint density at radius 3 is 2.83 bits per heavy atom. The van der Waals surface area contributed by atoms with Gasteiger partial charge in [0.2, 0.25) is 5.91 Å². The van der Waals surface area contributed by atoms with Gasteiger partial charge in [-0.25, -0.2) is 0 Å². The number of likely N-dealkylation sites (tertiary alicyclic amines) is 1. The molecule has 3 fully saturated rings. The van der Waals surface area contributed by atoms with Crippen LogP contribution in [-0.2, 0) is 9.53 Å². The summed E-state index contributed by atoms with van der Waals surface area (Å²) in [5, 5.41) is 9.89. The molecule has 102 valence electrons. The van der Waals surface area contributed by atoms with E-state index in [0.717, 1.165) is 19.4 Å². The molecule has 1 amide bonds. The Labute approximate surface area is 107 Å². The van der Waals surface area contributed by atoms with Crippen LogP contribution in [0.5, 0.6) is 0 Å². The third-order valence-corrected chi connectivity index (χ3v) is 5.11. The molecule has 0 aromatic heterocycles. The lowest BCUT2D eigenvalue weighted by atomic mass is 9.84. The second kappa shape index (κ2) is 4.18. The highest BCUT2D eigenvalue weighted by molar-refractivity contribution is 5.84. The highest BCUT2D eigenvalue weighted by atomic mass is 16.5. The summed E-state index contributed by atoms with van der Waals surface area (Å²) in [4.78, 5) is 14.5. The molecule has 0 radical (unpaired) electrons. The average molecular weight is 254 g/mol. The number of aliphatic hydroxyl groups excluding tert-OH is 1. The van der Waals surface area contributed by atoms with E-state index in [-0.39, 0.29) is 24.0 Å². The Morgan fingerprint density at radius 1 is 1.44 bits per heavy atom. The number of aliphatic hydroxyl groups is 1. The summed E-state index contributed by atoms with van der Waals surface area (Å²) in [6.07, 6.45) is 1.70. The maximum atomic E-state index is 12.6. The van der Waals surface area contributed by atoms with Gasteiger partial charge < -0.3 is 20.5 Å². The SMILES string of the molecule is CC1(C(=O)N2CC3CCC(O)C3C2)COCC1N. The highest BCUT2D eigenvalue weighted by Crippen LogP contribution is 2.40. The van der Waals surface area contributed by atoms with Crippen molar-refractivity contribution < 1.29 is 14.6 Å². The van der Waals surface area contributed by atoms with Crippen LogP contribution in [0, 0.1) is 17.3 Å². The molecule has 3 aliphatic rings. The van der Waals surface area contributed by atoms with Crippen molar-refractivity contribution in [1.29, 1.82) is 0 Å². The zero-order valence-electron chi connectivity index (χ0n) is 10.8. The Balaban J connectivity index is 1.71. The van der Waals surface area contributed by atoms with Gasteiger partial charge in [0.1, 0.15) is 0 Å². The van der Waals surface area contributed by atoms with Crippen LogP contribution in [0.25, 0.3) is 0 Å². The molecule has 0 bridgehead atoms. The van der Waals surface area contributed by atoms with Gasteiger partial charge in [0.25, 0.3) is 0 Å². The van der Waals surface area contributed by atoms with Crippen molar-refractivity contribution >= 4 is 5.91 Å². The minimum atomic E-state index is -0.580. The largest absolute Gasteiger partial charge is 0.393 e. The van der Waals surface area contributed by atoms with Crippen molar-refractivity contribution in [3.8, 4) is 0 Å². The standard InChI is InChI=1S/C13H22N2O3/c1-13(7-18-6-11(13)14)12(17)15-4-8-2-3-10(16)9(8)5-15/h8-11,16H,2-7,14H2,1H3. The minimum absolute atomic E-state index is 0.106. The number of amides is 1. The molecule has 0 aromatic carbocycles. The van der Waals surface area contributed by atoms with E-state index in [1.165, 1.54) is 0 Å². The fourth-order valence-corrected chi connectivity index (χ4v) is 3.67. The molecular weight excluding hydrogens is 232 g/mol. The molecule has 3 rings (SSSR count). The Kier molecular flexibility index (Phi) is 2.88. The second-order valence-corrected chi connectivity index (χ2v) is 6.32. The van der Waals surface area contributed by atoms with E-state index in [1.54, 1.807) is 0 Å². The van der Waals surface area contributed by atoms with Crippen LogP contribution in [0.1, 0.15) is 19.8 Å². The van der Waals surface area contributed by atoms with Crippen LogP contribution in [0.2, 0.25) is 0 Å². The lowest BCUT2D eigenvalue weighted by Gasteiger charge is -2.31. The molecule has 0 aromatic rings. The average Bonchev–Trinajstić information content (AvgIpc) is 2.98. The number of carbonyl (C=O) groups excluding carboxylic acids is 1. The summed E-state index contributed by atoms with van der Waals surface area (Å²) >= 11 is 0. The van der Waals surface area contributed by atoms with Gasteiger partial charge in [-0.3, -0.25) is 4.79 Å². The molecule has 2 saturated heterocycles. The lowest BCUT2D eigenvalue weighted by Crippen LogP contribution is -2.51. The third kappa shape index (κ3) is 1.68. The number of ether oxygens (including phenoxy) is 1. The molecule has 5 nitrogen and oxygen atoms in total. The summed E-state index contributed by atoms with van der Waals surface area (Å²) in [7, 11) is 0. The van der Waals surface area contributed by atoms with E-state index in [1.807, 2.05) is 11.8 Å². The van der Waals surface area contributed by atoms with E-state index in [0.29, 0.717) is 25.7 Å². The van der Waals surface area contributed by atoms with Crippen LogP contribution >= 0.6 is 0 Å². The molecule has 3 N–H and O–H groups in total. The van der Waals surface area contributed by atoms with Gasteiger partial charge in [-0.2, -0.15) is 0 Å². The number of nitrogens with zero attached hydrogens (tertiary/aromatic N) is 1. The number of rotatable bonds is 1. The smallest absolute Gasteiger partial charge is 0.232 e. The predicted molar refractivity (Wildman–Crippen MR) is 65.7 cm³/mol. The van der Waals surface area contributed by atoms with Gasteiger partial charge in [0, 0.05) is 25.0 Å². The predicted octanol–water partition coefficient (Wildman–Crippen LogP) is -0.420. The van der Waals surface area contributed by atoms with Crippen molar-refractivity contribution in [3.05, 3.63) is 0 Å². The van der Waals surface area contributed by atoms with Gasteiger partial charge in [-0.15, -0.1) is 0 Å². The van der Waals surface area contributed by atoms with Crippen LogP contribution < -0.4 is 5.73 Å². The van der Waals surface area contributed by atoms with Crippen molar-refractivity contribution in [2.24, 2.45) is 23.0 Å². The third-order valence-electron chi connectivity index (χ3n) is 5.11. The Hall–Kier alpha value is -0.650. The molecule has 5 heteroatoms. The van der Waals surface area contributed by atoms with Crippen LogP contribution in [0.3, 0.4) is 0 Å². The van der Waals surface area contributed by atoms with Crippen LogP contribution in [0.15, 0.2) is 0 Å². The fraction of sp³-hybridized carbons (Fsp3) is 0.923. The number of nitrogens with two attached hydrogens (primary N) is 1. The summed E-state index contributed by atoms with van der Waals surface area (Å²) in [6, 6.07) is -0.213. The number of hydrogen-bond donors (Lipinski definition) is 2. The molecule has 2 aliphatic heterocycles. The van der Waals surface area contributed by atoms with E-state index in [2.05, 4.69) is 0 Å². The number of fused-ring (bicyclic) bond motifs is 1. The molecular formula is C13H22N2O3. The Morgan fingerprint density at radius 2 is 2.22 bits per heavy atom. The highest BCUT2D eigenvalue weighted by Gasteiger charge is 2.50. The quantitative estimate of drug-likeness (QED) is 0.666. The molecule has 2 heterocycles. The number of hydrogen-bond acceptors (Lipinski definition) is 4. The molecule has 5 unspecified atom stereocenters. The van der Waals surface area contributed by atoms with Gasteiger partial charge in [-0.05, 0) is 25.7 Å². The van der Waals surface area contributed by atoms with Gasteiger partial charge >= 0.3 is 0 Å². The summed E-state index contributed by atoms with van der Waals surface area (Å²) < 4.78 is 5.35. The van der Waals surface area contributed by atoms with Crippen molar-refractivity contribution in [2.45, 2.75) is 31.9 Å². The zero-order chi connectivity index (χ0) is 12.9. The van der Waals surface area contributed by atoms with Gasteiger partial charge in [0.05, 0.1) is 24.7 Å². The van der Waals surface area contributed by atoms with E-state index in [4.69, 9.17) is 10.5 Å². The fourth-order valence-electron chi connectivity index (χ4n) is 3.67. The van der Waals surface area contributed by atoms with E-state index in [9.17, 15) is 9.90 Å². The first-order valence-corrected chi connectivity index (χ1v) is 6.83. The van der Waals surface area contributed by atoms with Crippen LogP contribution in [-0.4, -0.2) is 54.4 Å². The zero-order valence-corrected chi connectivity index (χ0v) is 10.8. The minimum Gasteiger partial charge on any atom is -0.393 e. The van der Waals surface area contributed by atoms with Crippen molar-refractivity contribution in [1.82, 2.24) is 4.90 Å². The maximum Gasteiger partial charge on any atom is 0.232 e. The molecule has 1 aliphatic carbocycles. The summed E-state index contributed by atoms with van der Waals surface area (Å²) in [5.74, 6) is 0.858. The monoisotopic (exact) mass is 254 g/mol. The molecule has 18 heavy (non-hydrogen) atoms. The first kappa shape index (κ1) is 12.4. The normalized spacial score (nSPS) is 47.6. The topological polar surface area (TPSA) is 75.8 Å². The molecule has 0 spiro atoms. The van der Waals surface area contributed by atoms with E-state index < -0.39 is 5.41 Å². The molecule has 1 saturated carbocycles. The Bertz CT molecular complexity index is 362. The van der Waals surface area contributed by atoms with Crippen molar-refractivity contribution in [2.75, 3.05) is 26.3 Å². The van der Waals surface area contributed by atoms with E-state index >= 15 is 0 Å². The first-order valence-electron chi connectivity index (χ1n) is 6.83. The first-order chi connectivity index (χ1) is 8.52. The number of carbonyl (C=O) groups is 1. The van der Waals surface area contributed by atoms with Crippen molar-refractivity contribution in [3.63, 3.8) is 0 Å². The second-order valence-electron chi connectivity index (χ2n) is 6.32. The van der Waals surface area contributed by atoms with Crippen LogP contribution in [0.4, 0.5) is 0 Å². The van der Waals surface area contributed by atoms with Gasteiger partial charge in [0.15, 0.2) is 0 Å². The van der Waals surface area contributed by atoms with Gasteiger partial charge in [-0.1, -0.05) is 0 Å². The molecule has 5 atom stereocenters. The summed E-state index contributed by atoms with van der Waals surface area (Å²) in [6.45, 7) is 4.25. The maximum absolute atomic E-state index is 12.6. The lowest BCUT2D eigenvalue weighted by molar-refractivity contribution is -0.141.